The van der Waals surface area contributed by atoms with Gasteiger partial charge in [0, 0.05) is 18.3 Å². The molecule has 0 fully saturated rings. The van der Waals surface area contributed by atoms with Crippen molar-refractivity contribution in [1.82, 2.24) is 15.0 Å². The van der Waals surface area contributed by atoms with Gasteiger partial charge in [-0.1, -0.05) is 18.2 Å². The summed E-state index contributed by atoms with van der Waals surface area (Å²) in [4.78, 5) is 27.1. The minimum absolute atomic E-state index is 0.0250. The van der Waals surface area contributed by atoms with Gasteiger partial charge in [0.1, 0.15) is 6.04 Å². The third-order valence-corrected chi connectivity index (χ3v) is 6.19. The second-order valence-electron chi connectivity index (χ2n) is 5.46. The summed E-state index contributed by atoms with van der Waals surface area (Å²) in [6.07, 6.45) is 0.654. The third-order valence-electron chi connectivity index (χ3n) is 3.71. The largest absolute Gasteiger partial charge is 0.476 e. The Bertz CT molecular complexity index is 923. The Labute approximate surface area is 148 Å². The highest BCUT2D eigenvalue weighted by Gasteiger charge is 2.33. The second kappa shape index (κ2) is 6.90. The molecule has 8 nitrogen and oxygen atoms in total. The Hall–Kier alpha value is -2.30. The molecule has 0 saturated carbocycles. The van der Waals surface area contributed by atoms with Crippen LogP contribution in [0.4, 0.5) is 0 Å². The van der Waals surface area contributed by atoms with Gasteiger partial charge < -0.3 is 10.4 Å². The number of nitrogens with zero attached hydrogens (tertiary/aromatic N) is 1. The minimum Gasteiger partial charge on any atom is -0.476 e. The molecule has 1 atom stereocenters. The molecule has 1 aromatic heterocycles. The Morgan fingerprint density at radius 1 is 1.36 bits per heavy atom. The number of aromatic nitrogens is 1. The molecule has 1 aliphatic rings. The Morgan fingerprint density at radius 2 is 2.12 bits per heavy atom. The van der Waals surface area contributed by atoms with E-state index in [-0.39, 0.29) is 23.6 Å². The number of carboxylic acids is 1. The number of nitrogens with one attached hydrogen (secondary N) is 2. The molecule has 3 rings (SSSR count). The zero-order chi connectivity index (χ0) is 18.0. The number of hydrogen-bond acceptors (Lipinski definition) is 6. The van der Waals surface area contributed by atoms with Crippen LogP contribution in [0.5, 0.6) is 0 Å². The third kappa shape index (κ3) is 3.86. The van der Waals surface area contributed by atoms with Gasteiger partial charge in [0.15, 0.2) is 5.69 Å². The number of fused-ring (bicyclic) bond motifs is 1. The first-order valence-corrected chi connectivity index (χ1v) is 9.79. The molecule has 1 aromatic carbocycles. The van der Waals surface area contributed by atoms with Crippen molar-refractivity contribution in [2.24, 2.45) is 0 Å². The van der Waals surface area contributed by atoms with Crippen molar-refractivity contribution in [2.45, 2.75) is 23.8 Å². The van der Waals surface area contributed by atoms with Crippen LogP contribution in [0, 0.1) is 0 Å². The van der Waals surface area contributed by atoms with Crippen molar-refractivity contribution in [3.63, 3.8) is 0 Å². The number of thiazole rings is 1. The predicted octanol–water partition coefficient (Wildman–Crippen LogP) is 0.403. The maximum atomic E-state index is 12.3. The number of hydrogen-bond donors (Lipinski definition) is 3. The van der Waals surface area contributed by atoms with Crippen molar-refractivity contribution in [1.29, 1.82) is 0 Å². The van der Waals surface area contributed by atoms with Crippen molar-refractivity contribution >= 4 is 33.2 Å². The molecule has 1 unspecified atom stereocenters. The molecule has 2 heterocycles. The van der Waals surface area contributed by atoms with Gasteiger partial charge in [-0.2, -0.15) is 4.72 Å². The average Bonchev–Trinajstić information content (AvgIpc) is 3.03. The van der Waals surface area contributed by atoms with Crippen molar-refractivity contribution in [3.05, 3.63) is 45.9 Å². The van der Waals surface area contributed by atoms with Crippen LogP contribution in [-0.2, 0) is 27.7 Å². The Morgan fingerprint density at radius 3 is 2.84 bits per heavy atom. The number of carbonyl (C=O) groups excluding carboxylic acids is 1. The van der Waals surface area contributed by atoms with Gasteiger partial charge in [-0.25, -0.2) is 18.2 Å². The summed E-state index contributed by atoms with van der Waals surface area (Å²) in [6, 6.07) is 5.70. The number of carbonyl (C=O) groups is 2. The standard InChI is InChI=1S/C15H15N3O5S2/c19-14(16-6-5-13-17-11(8-24-13)15(20)21)10-7-9-3-1-2-4-12(9)25(22,23)18-10/h1-4,8,10,18H,5-7H2,(H,16,19)(H,20,21). The lowest BCUT2D eigenvalue weighted by molar-refractivity contribution is -0.122. The van der Waals surface area contributed by atoms with Crippen molar-refractivity contribution < 1.29 is 23.1 Å². The Kier molecular flexibility index (Phi) is 4.84. The van der Waals surface area contributed by atoms with E-state index in [0.717, 1.165) is 0 Å². The molecule has 0 aliphatic carbocycles. The average molecular weight is 381 g/mol. The van der Waals surface area contributed by atoms with Gasteiger partial charge in [-0.15, -0.1) is 11.3 Å². The molecule has 1 amide bonds. The summed E-state index contributed by atoms with van der Waals surface area (Å²) in [5, 5.41) is 13.5. The predicted molar refractivity (Wildman–Crippen MR) is 90.0 cm³/mol. The molecule has 132 valence electrons. The Balaban J connectivity index is 1.60. The van der Waals surface area contributed by atoms with Crippen LogP contribution in [-0.4, -0.2) is 43.0 Å². The van der Waals surface area contributed by atoms with E-state index in [1.165, 1.54) is 22.8 Å². The molecule has 0 spiro atoms. The van der Waals surface area contributed by atoms with Crippen LogP contribution >= 0.6 is 11.3 Å². The zero-order valence-corrected chi connectivity index (χ0v) is 14.6. The fourth-order valence-corrected chi connectivity index (χ4v) is 4.75. The second-order valence-corrected chi connectivity index (χ2v) is 8.08. The summed E-state index contributed by atoms with van der Waals surface area (Å²) < 4.78 is 26.8. The summed E-state index contributed by atoms with van der Waals surface area (Å²) in [5.41, 5.74) is 0.579. The molecule has 3 N–H and O–H groups in total. The zero-order valence-electron chi connectivity index (χ0n) is 12.9. The van der Waals surface area contributed by atoms with E-state index in [9.17, 15) is 18.0 Å². The van der Waals surface area contributed by atoms with Gasteiger partial charge in [-0.05, 0) is 18.1 Å². The van der Waals surface area contributed by atoms with Crippen LogP contribution in [0.3, 0.4) is 0 Å². The van der Waals surface area contributed by atoms with Crippen LogP contribution in [0.2, 0.25) is 0 Å². The summed E-state index contributed by atoms with van der Waals surface area (Å²) >= 11 is 1.20. The molecular formula is C15H15N3O5S2. The normalized spacial score (nSPS) is 18.3. The van der Waals surface area contributed by atoms with E-state index in [0.29, 0.717) is 17.0 Å². The van der Waals surface area contributed by atoms with Gasteiger partial charge >= 0.3 is 5.97 Å². The molecule has 0 saturated heterocycles. The van der Waals surface area contributed by atoms with Crippen LogP contribution in [0.25, 0.3) is 0 Å². The number of rotatable bonds is 5. The van der Waals surface area contributed by atoms with E-state index in [2.05, 4.69) is 15.0 Å². The van der Waals surface area contributed by atoms with Gasteiger partial charge in [-0.3, -0.25) is 4.79 Å². The van der Waals surface area contributed by atoms with Crippen LogP contribution < -0.4 is 10.0 Å². The lowest BCUT2D eigenvalue weighted by atomic mass is 10.1. The topological polar surface area (TPSA) is 125 Å². The van der Waals surface area contributed by atoms with E-state index >= 15 is 0 Å². The number of carboxylic acid groups (broad SMARTS) is 1. The first-order chi connectivity index (χ1) is 11.9. The van der Waals surface area contributed by atoms with Crippen molar-refractivity contribution in [3.8, 4) is 0 Å². The smallest absolute Gasteiger partial charge is 0.355 e. The lowest BCUT2D eigenvalue weighted by Gasteiger charge is -2.25. The molecule has 25 heavy (non-hydrogen) atoms. The van der Waals surface area contributed by atoms with E-state index in [4.69, 9.17) is 5.11 Å². The highest BCUT2D eigenvalue weighted by Crippen LogP contribution is 2.22. The van der Waals surface area contributed by atoms with Crippen molar-refractivity contribution in [2.75, 3.05) is 6.54 Å². The fourth-order valence-electron chi connectivity index (χ4n) is 2.53. The number of benzene rings is 1. The fraction of sp³-hybridized carbons (Fsp3) is 0.267. The SMILES string of the molecule is O=C(O)c1csc(CCNC(=O)C2Cc3ccccc3S(=O)(=O)N2)n1. The number of aromatic carboxylic acids is 1. The minimum atomic E-state index is -3.71. The van der Waals surface area contributed by atoms with E-state index in [1.54, 1.807) is 18.2 Å². The number of sulfonamides is 1. The van der Waals surface area contributed by atoms with E-state index < -0.39 is 27.9 Å². The molecule has 10 heteroatoms. The van der Waals surface area contributed by atoms with Gasteiger partial charge in [0.25, 0.3) is 0 Å². The molecular weight excluding hydrogens is 366 g/mol. The first-order valence-electron chi connectivity index (χ1n) is 7.42. The molecule has 2 aromatic rings. The van der Waals surface area contributed by atoms with Gasteiger partial charge in [0.05, 0.1) is 9.90 Å². The maximum Gasteiger partial charge on any atom is 0.355 e. The quantitative estimate of drug-likeness (QED) is 0.688. The number of amides is 1. The summed E-state index contributed by atoms with van der Waals surface area (Å²) in [7, 11) is -3.71. The summed E-state index contributed by atoms with van der Waals surface area (Å²) in [5.74, 6) is -1.52. The summed E-state index contributed by atoms with van der Waals surface area (Å²) in [6.45, 7) is 0.241. The maximum absolute atomic E-state index is 12.3. The highest BCUT2D eigenvalue weighted by atomic mass is 32.2. The molecule has 0 bridgehead atoms. The van der Waals surface area contributed by atoms with Crippen LogP contribution in [0.15, 0.2) is 34.5 Å². The van der Waals surface area contributed by atoms with E-state index in [1.807, 2.05) is 0 Å². The molecule has 1 aliphatic heterocycles. The monoisotopic (exact) mass is 381 g/mol. The molecule has 0 radical (unpaired) electrons. The highest BCUT2D eigenvalue weighted by molar-refractivity contribution is 7.89. The van der Waals surface area contributed by atoms with Crippen LogP contribution in [0.1, 0.15) is 21.1 Å². The first kappa shape index (κ1) is 17.5. The van der Waals surface area contributed by atoms with Gasteiger partial charge in [0.2, 0.25) is 15.9 Å². The lowest BCUT2D eigenvalue weighted by Crippen LogP contribution is -2.50.